The molecule has 0 aromatic heterocycles. The molecule has 1 fully saturated rings. The number of benzene rings is 1. The van der Waals surface area contributed by atoms with Gasteiger partial charge in [0.25, 0.3) is 0 Å². The smallest absolute Gasteiger partial charge is 0.119 e. The van der Waals surface area contributed by atoms with Crippen molar-refractivity contribution in [2.24, 2.45) is 0 Å². The number of hydrogen-bond donors (Lipinski definition) is 1. The van der Waals surface area contributed by atoms with Crippen LogP contribution >= 0.6 is 0 Å². The summed E-state index contributed by atoms with van der Waals surface area (Å²) in [5, 5.41) is 3.22. The molecule has 2 rings (SSSR count). The second kappa shape index (κ2) is 3.59. The Morgan fingerprint density at radius 2 is 2.07 bits per heavy atom. The van der Waals surface area contributed by atoms with E-state index < -0.39 is 0 Å². The molecule has 0 atom stereocenters. The highest BCUT2D eigenvalue weighted by atomic mass is 16.5. The van der Waals surface area contributed by atoms with Crippen LogP contribution in [0.1, 0.15) is 5.56 Å². The summed E-state index contributed by atoms with van der Waals surface area (Å²) < 4.78 is 10.7. The van der Waals surface area contributed by atoms with Gasteiger partial charge in [-0.3, -0.25) is 0 Å². The van der Waals surface area contributed by atoms with Crippen molar-refractivity contribution in [3.05, 3.63) is 29.8 Å². The quantitative estimate of drug-likeness (QED) is 0.781. The molecular formula is C11H15NO2. The molecule has 76 valence electrons. The average Bonchev–Trinajstić information content (AvgIpc) is 2.18. The maximum absolute atomic E-state index is 5.54. The average molecular weight is 193 g/mol. The first-order chi connectivity index (χ1) is 6.80. The lowest BCUT2D eigenvalue weighted by Crippen LogP contribution is -2.57. The fourth-order valence-corrected chi connectivity index (χ4v) is 1.72. The SMILES string of the molecule is COc1cccc(C2(OC)CNC2)c1. The molecule has 3 heteroatoms. The Bertz CT molecular complexity index is 315. The van der Waals surface area contributed by atoms with Crippen LogP contribution in [0.5, 0.6) is 5.75 Å². The minimum absolute atomic E-state index is 0.144. The van der Waals surface area contributed by atoms with E-state index in [1.807, 2.05) is 18.2 Å². The number of methoxy groups -OCH3 is 2. The zero-order chi connectivity index (χ0) is 10.0. The van der Waals surface area contributed by atoms with E-state index in [0.29, 0.717) is 0 Å². The predicted octanol–water partition coefficient (Wildman–Crippen LogP) is 1.14. The van der Waals surface area contributed by atoms with E-state index in [-0.39, 0.29) is 5.60 Å². The Morgan fingerprint density at radius 3 is 2.57 bits per heavy atom. The summed E-state index contributed by atoms with van der Waals surface area (Å²) in [5.41, 5.74) is 1.03. The van der Waals surface area contributed by atoms with E-state index in [0.717, 1.165) is 18.8 Å². The van der Waals surface area contributed by atoms with Crippen LogP contribution in [0.15, 0.2) is 24.3 Å². The van der Waals surface area contributed by atoms with Gasteiger partial charge in [-0.25, -0.2) is 0 Å². The Labute approximate surface area is 84.0 Å². The summed E-state index contributed by atoms with van der Waals surface area (Å²) in [4.78, 5) is 0. The molecule has 1 aliphatic heterocycles. The normalized spacial score (nSPS) is 18.7. The van der Waals surface area contributed by atoms with Crippen molar-refractivity contribution in [3.8, 4) is 5.75 Å². The predicted molar refractivity (Wildman–Crippen MR) is 54.6 cm³/mol. The third kappa shape index (κ3) is 1.38. The van der Waals surface area contributed by atoms with Crippen LogP contribution in [0, 0.1) is 0 Å². The molecule has 0 amide bonds. The highest BCUT2D eigenvalue weighted by molar-refractivity contribution is 5.34. The molecule has 14 heavy (non-hydrogen) atoms. The molecule has 1 aromatic rings. The van der Waals surface area contributed by atoms with Gasteiger partial charge < -0.3 is 14.8 Å². The highest BCUT2D eigenvalue weighted by Crippen LogP contribution is 2.31. The van der Waals surface area contributed by atoms with Gasteiger partial charge in [-0.15, -0.1) is 0 Å². The maximum atomic E-state index is 5.54. The fourth-order valence-electron chi connectivity index (χ4n) is 1.72. The van der Waals surface area contributed by atoms with Crippen molar-refractivity contribution in [2.45, 2.75) is 5.60 Å². The molecule has 1 saturated heterocycles. The summed E-state index contributed by atoms with van der Waals surface area (Å²) in [6, 6.07) is 8.05. The lowest BCUT2D eigenvalue weighted by Gasteiger charge is -2.41. The first kappa shape index (κ1) is 9.49. The summed E-state index contributed by atoms with van der Waals surface area (Å²) in [5.74, 6) is 0.880. The van der Waals surface area contributed by atoms with Gasteiger partial charge in [-0.1, -0.05) is 12.1 Å². The van der Waals surface area contributed by atoms with Crippen LogP contribution in [-0.4, -0.2) is 27.3 Å². The molecule has 1 aromatic carbocycles. The van der Waals surface area contributed by atoms with Gasteiger partial charge >= 0.3 is 0 Å². The fraction of sp³-hybridized carbons (Fsp3) is 0.455. The van der Waals surface area contributed by atoms with Gasteiger partial charge in [0.15, 0.2) is 0 Å². The molecule has 0 bridgehead atoms. The molecule has 0 spiro atoms. The van der Waals surface area contributed by atoms with E-state index in [1.165, 1.54) is 5.56 Å². The zero-order valence-corrected chi connectivity index (χ0v) is 8.54. The monoisotopic (exact) mass is 193 g/mol. The van der Waals surface area contributed by atoms with Crippen molar-refractivity contribution in [1.82, 2.24) is 5.32 Å². The molecular weight excluding hydrogens is 178 g/mol. The van der Waals surface area contributed by atoms with E-state index in [9.17, 15) is 0 Å². The molecule has 0 unspecified atom stereocenters. The van der Waals surface area contributed by atoms with Crippen molar-refractivity contribution >= 4 is 0 Å². The molecule has 0 saturated carbocycles. The second-order valence-electron chi connectivity index (χ2n) is 3.53. The Morgan fingerprint density at radius 1 is 1.29 bits per heavy atom. The number of rotatable bonds is 3. The maximum Gasteiger partial charge on any atom is 0.119 e. The van der Waals surface area contributed by atoms with E-state index >= 15 is 0 Å². The van der Waals surface area contributed by atoms with Gasteiger partial charge in [0, 0.05) is 20.2 Å². The molecule has 0 radical (unpaired) electrons. The largest absolute Gasteiger partial charge is 0.497 e. The summed E-state index contributed by atoms with van der Waals surface area (Å²) in [7, 11) is 3.43. The van der Waals surface area contributed by atoms with Gasteiger partial charge in [0.1, 0.15) is 11.4 Å². The number of hydrogen-bond acceptors (Lipinski definition) is 3. The van der Waals surface area contributed by atoms with Crippen LogP contribution in [0.2, 0.25) is 0 Å². The van der Waals surface area contributed by atoms with Crippen molar-refractivity contribution in [1.29, 1.82) is 0 Å². The van der Waals surface area contributed by atoms with Gasteiger partial charge in [0.05, 0.1) is 7.11 Å². The highest BCUT2D eigenvalue weighted by Gasteiger charge is 2.38. The van der Waals surface area contributed by atoms with Crippen LogP contribution in [0.3, 0.4) is 0 Å². The lowest BCUT2D eigenvalue weighted by atomic mass is 9.88. The minimum Gasteiger partial charge on any atom is -0.497 e. The van der Waals surface area contributed by atoms with Crippen LogP contribution in [-0.2, 0) is 10.3 Å². The van der Waals surface area contributed by atoms with E-state index in [1.54, 1.807) is 14.2 Å². The van der Waals surface area contributed by atoms with Crippen LogP contribution in [0.25, 0.3) is 0 Å². The Kier molecular flexibility index (Phi) is 2.44. The Hall–Kier alpha value is -1.06. The number of ether oxygens (including phenoxy) is 2. The zero-order valence-electron chi connectivity index (χ0n) is 8.54. The first-order valence-corrected chi connectivity index (χ1v) is 4.71. The molecule has 0 aliphatic carbocycles. The van der Waals surface area contributed by atoms with Crippen molar-refractivity contribution < 1.29 is 9.47 Å². The van der Waals surface area contributed by atoms with Gasteiger partial charge in [0.2, 0.25) is 0 Å². The topological polar surface area (TPSA) is 30.5 Å². The molecule has 3 nitrogen and oxygen atoms in total. The van der Waals surface area contributed by atoms with E-state index in [2.05, 4.69) is 11.4 Å². The lowest BCUT2D eigenvalue weighted by molar-refractivity contribution is -0.0566. The molecule has 1 heterocycles. The Balaban J connectivity index is 2.30. The molecule has 1 N–H and O–H groups in total. The molecule has 1 aliphatic rings. The van der Waals surface area contributed by atoms with Crippen molar-refractivity contribution in [2.75, 3.05) is 27.3 Å². The summed E-state index contributed by atoms with van der Waals surface area (Å²) in [6.07, 6.45) is 0. The summed E-state index contributed by atoms with van der Waals surface area (Å²) >= 11 is 0. The van der Waals surface area contributed by atoms with E-state index in [4.69, 9.17) is 9.47 Å². The van der Waals surface area contributed by atoms with Crippen LogP contribution in [0.4, 0.5) is 0 Å². The first-order valence-electron chi connectivity index (χ1n) is 4.71. The second-order valence-corrected chi connectivity index (χ2v) is 3.53. The van der Waals surface area contributed by atoms with Crippen molar-refractivity contribution in [3.63, 3.8) is 0 Å². The summed E-state index contributed by atoms with van der Waals surface area (Å²) in [6.45, 7) is 1.74. The third-order valence-electron chi connectivity index (χ3n) is 2.81. The minimum atomic E-state index is -0.144. The number of nitrogens with one attached hydrogen (secondary N) is 1. The van der Waals surface area contributed by atoms with Gasteiger partial charge in [-0.05, 0) is 17.7 Å². The standard InChI is InChI=1S/C11H15NO2/c1-13-10-5-3-4-9(6-10)11(14-2)7-12-8-11/h3-6,12H,7-8H2,1-2H3. The van der Waals surface area contributed by atoms with Crippen LogP contribution < -0.4 is 10.1 Å². The van der Waals surface area contributed by atoms with Gasteiger partial charge in [-0.2, -0.15) is 0 Å². The third-order valence-corrected chi connectivity index (χ3v) is 2.81.